The van der Waals surface area contributed by atoms with Crippen LogP contribution >= 0.6 is 23.2 Å². The van der Waals surface area contributed by atoms with Crippen LogP contribution in [0.5, 0.6) is 0 Å². The van der Waals surface area contributed by atoms with Crippen molar-refractivity contribution >= 4 is 23.2 Å². The summed E-state index contributed by atoms with van der Waals surface area (Å²) in [6, 6.07) is 3.95. The van der Waals surface area contributed by atoms with Gasteiger partial charge in [-0.2, -0.15) is 0 Å². The Balaban J connectivity index is 2.38. The third-order valence-corrected chi connectivity index (χ3v) is 3.77. The van der Waals surface area contributed by atoms with E-state index in [0.29, 0.717) is 16.0 Å². The Kier molecular flexibility index (Phi) is 2.74. The fourth-order valence-corrected chi connectivity index (χ4v) is 2.11. The van der Waals surface area contributed by atoms with Crippen LogP contribution in [0.4, 0.5) is 0 Å². The molecule has 0 amide bonds. The van der Waals surface area contributed by atoms with Gasteiger partial charge in [0, 0.05) is 6.04 Å². The van der Waals surface area contributed by atoms with Gasteiger partial charge in [0.15, 0.2) is 0 Å². The molecule has 76 valence electrons. The van der Waals surface area contributed by atoms with Gasteiger partial charge in [0.1, 0.15) is 0 Å². The standard InChI is InChI=1S/C11H13Cl2N/c1-6-8(11(14)7-2-3-7)4-5-9(12)10(6)13/h4-5,7,11H,2-3,14H2,1H3/t11-/m1/s1. The zero-order chi connectivity index (χ0) is 10.3. The number of nitrogens with two attached hydrogens (primary N) is 1. The van der Waals surface area contributed by atoms with Gasteiger partial charge in [-0.25, -0.2) is 0 Å². The summed E-state index contributed by atoms with van der Waals surface area (Å²) in [6.45, 7) is 1.98. The maximum absolute atomic E-state index is 6.12. The van der Waals surface area contributed by atoms with E-state index in [9.17, 15) is 0 Å². The van der Waals surface area contributed by atoms with Gasteiger partial charge in [-0.05, 0) is 42.9 Å². The Morgan fingerprint density at radius 1 is 1.36 bits per heavy atom. The van der Waals surface area contributed by atoms with E-state index in [0.717, 1.165) is 11.1 Å². The molecule has 1 fully saturated rings. The van der Waals surface area contributed by atoms with Crippen molar-refractivity contribution < 1.29 is 0 Å². The Bertz CT molecular complexity index is 359. The summed E-state index contributed by atoms with van der Waals surface area (Å²) in [6.07, 6.45) is 2.47. The molecule has 3 heteroatoms. The first-order valence-electron chi connectivity index (χ1n) is 4.81. The lowest BCUT2D eigenvalue weighted by molar-refractivity contribution is 0.630. The fourth-order valence-electron chi connectivity index (χ4n) is 1.74. The molecule has 0 saturated heterocycles. The van der Waals surface area contributed by atoms with Gasteiger partial charge in [0.25, 0.3) is 0 Å². The lowest BCUT2D eigenvalue weighted by atomic mass is 9.98. The molecule has 1 aliphatic carbocycles. The lowest BCUT2D eigenvalue weighted by Crippen LogP contribution is -2.13. The Hall–Kier alpha value is -0.240. The average Bonchev–Trinajstić information content (AvgIpc) is 2.97. The first kappa shape index (κ1) is 10.3. The van der Waals surface area contributed by atoms with Crippen molar-refractivity contribution in [3.63, 3.8) is 0 Å². The van der Waals surface area contributed by atoms with Crippen LogP contribution in [-0.4, -0.2) is 0 Å². The summed E-state index contributed by atoms with van der Waals surface area (Å²) in [5.41, 5.74) is 8.29. The van der Waals surface area contributed by atoms with E-state index in [1.807, 2.05) is 19.1 Å². The van der Waals surface area contributed by atoms with Crippen LogP contribution in [0.1, 0.15) is 30.0 Å². The zero-order valence-corrected chi connectivity index (χ0v) is 9.57. The second-order valence-corrected chi connectivity index (χ2v) is 4.72. The number of halogens is 2. The first-order chi connectivity index (χ1) is 6.61. The van der Waals surface area contributed by atoms with Gasteiger partial charge in [0.05, 0.1) is 10.0 Å². The molecule has 0 heterocycles. The largest absolute Gasteiger partial charge is 0.324 e. The molecule has 0 spiro atoms. The first-order valence-corrected chi connectivity index (χ1v) is 5.57. The van der Waals surface area contributed by atoms with E-state index in [1.54, 1.807) is 0 Å². The molecular formula is C11H13Cl2N. The second kappa shape index (κ2) is 3.73. The molecule has 0 aliphatic heterocycles. The van der Waals surface area contributed by atoms with Gasteiger partial charge in [0.2, 0.25) is 0 Å². The van der Waals surface area contributed by atoms with Crippen molar-refractivity contribution in [3.8, 4) is 0 Å². The maximum atomic E-state index is 6.12. The summed E-state index contributed by atoms with van der Waals surface area (Å²) in [5.74, 6) is 0.644. The van der Waals surface area contributed by atoms with E-state index in [4.69, 9.17) is 28.9 Å². The van der Waals surface area contributed by atoms with Gasteiger partial charge in [-0.1, -0.05) is 29.3 Å². The highest BCUT2D eigenvalue weighted by Crippen LogP contribution is 2.42. The third kappa shape index (κ3) is 1.77. The van der Waals surface area contributed by atoms with Crippen LogP contribution in [0.25, 0.3) is 0 Å². The summed E-state index contributed by atoms with van der Waals surface area (Å²) in [7, 11) is 0. The molecule has 1 saturated carbocycles. The molecular weight excluding hydrogens is 217 g/mol. The normalized spacial score (nSPS) is 18.3. The van der Waals surface area contributed by atoms with Crippen molar-refractivity contribution in [1.29, 1.82) is 0 Å². The number of benzene rings is 1. The van der Waals surface area contributed by atoms with Crippen LogP contribution in [-0.2, 0) is 0 Å². The molecule has 1 aromatic carbocycles. The molecule has 1 atom stereocenters. The van der Waals surface area contributed by atoms with E-state index < -0.39 is 0 Å². The highest BCUT2D eigenvalue weighted by atomic mass is 35.5. The molecule has 1 aliphatic rings. The second-order valence-electron chi connectivity index (χ2n) is 3.94. The van der Waals surface area contributed by atoms with Crippen LogP contribution in [0.2, 0.25) is 10.0 Å². The van der Waals surface area contributed by atoms with Crippen LogP contribution in [0.3, 0.4) is 0 Å². The Morgan fingerprint density at radius 2 is 2.00 bits per heavy atom. The van der Waals surface area contributed by atoms with Crippen LogP contribution in [0, 0.1) is 12.8 Å². The maximum Gasteiger partial charge on any atom is 0.0624 e. The minimum Gasteiger partial charge on any atom is -0.324 e. The predicted molar refractivity (Wildman–Crippen MR) is 60.9 cm³/mol. The average molecular weight is 230 g/mol. The summed E-state index contributed by atoms with van der Waals surface area (Å²) in [5, 5.41) is 1.25. The quantitative estimate of drug-likeness (QED) is 0.823. The molecule has 2 rings (SSSR count). The highest BCUT2D eigenvalue weighted by Gasteiger charge is 2.30. The summed E-state index contributed by atoms with van der Waals surface area (Å²) < 4.78 is 0. The van der Waals surface area contributed by atoms with Crippen molar-refractivity contribution in [3.05, 3.63) is 33.3 Å². The molecule has 2 N–H and O–H groups in total. The number of hydrogen-bond donors (Lipinski definition) is 1. The molecule has 0 aromatic heterocycles. The van der Waals surface area contributed by atoms with E-state index in [2.05, 4.69) is 0 Å². The van der Waals surface area contributed by atoms with Crippen molar-refractivity contribution in [2.45, 2.75) is 25.8 Å². The van der Waals surface area contributed by atoms with Gasteiger partial charge >= 0.3 is 0 Å². The molecule has 1 aromatic rings. The van der Waals surface area contributed by atoms with E-state index in [-0.39, 0.29) is 6.04 Å². The molecule has 0 bridgehead atoms. The lowest BCUT2D eigenvalue weighted by Gasteiger charge is -2.15. The fraction of sp³-hybridized carbons (Fsp3) is 0.455. The number of hydrogen-bond acceptors (Lipinski definition) is 1. The van der Waals surface area contributed by atoms with Crippen LogP contribution < -0.4 is 5.73 Å². The third-order valence-electron chi connectivity index (χ3n) is 2.87. The number of rotatable bonds is 2. The van der Waals surface area contributed by atoms with Crippen molar-refractivity contribution in [1.82, 2.24) is 0 Å². The van der Waals surface area contributed by atoms with Crippen molar-refractivity contribution in [2.75, 3.05) is 0 Å². The van der Waals surface area contributed by atoms with E-state index in [1.165, 1.54) is 12.8 Å². The van der Waals surface area contributed by atoms with Crippen LogP contribution in [0.15, 0.2) is 12.1 Å². The highest BCUT2D eigenvalue weighted by molar-refractivity contribution is 6.42. The molecule has 0 radical (unpaired) electrons. The minimum atomic E-state index is 0.129. The molecule has 0 unspecified atom stereocenters. The Labute approximate surface area is 94.2 Å². The zero-order valence-electron chi connectivity index (χ0n) is 8.06. The summed E-state index contributed by atoms with van der Waals surface area (Å²) in [4.78, 5) is 0. The van der Waals surface area contributed by atoms with Gasteiger partial charge in [-0.15, -0.1) is 0 Å². The Morgan fingerprint density at radius 3 is 2.57 bits per heavy atom. The predicted octanol–water partition coefficient (Wildman–Crippen LogP) is 3.71. The summed E-state index contributed by atoms with van der Waals surface area (Å²) >= 11 is 12.0. The SMILES string of the molecule is Cc1c([C@H](N)C2CC2)ccc(Cl)c1Cl. The van der Waals surface area contributed by atoms with Gasteiger partial charge < -0.3 is 5.73 Å². The van der Waals surface area contributed by atoms with Crippen molar-refractivity contribution in [2.24, 2.45) is 11.7 Å². The topological polar surface area (TPSA) is 26.0 Å². The minimum absolute atomic E-state index is 0.129. The monoisotopic (exact) mass is 229 g/mol. The van der Waals surface area contributed by atoms with Gasteiger partial charge in [-0.3, -0.25) is 0 Å². The van der Waals surface area contributed by atoms with E-state index >= 15 is 0 Å². The molecule has 1 nitrogen and oxygen atoms in total. The molecule has 14 heavy (non-hydrogen) atoms. The smallest absolute Gasteiger partial charge is 0.0624 e.